The van der Waals surface area contributed by atoms with Crippen molar-refractivity contribution >= 4 is 23.2 Å². The predicted octanol–water partition coefficient (Wildman–Crippen LogP) is 4.59. The number of benzene rings is 1. The molecular weight excluding hydrogens is 403 g/mol. The van der Waals surface area contributed by atoms with E-state index in [-0.39, 0.29) is 18.7 Å². The van der Waals surface area contributed by atoms with E-state index < -0.39 is 11.7 Å². The van der Waals surface area contributed by atoms with E-state index in [0.29, 0.717) is 35.7 Å². The van der Waals surface area contributed by atoms with Gasteiger partial charge in [0.05, 0.1) is 6.33 Å². The van der Waals surface area contributed by atoms with Gasteiger partial charge in [0.25, 0.3) is 6.01 Å². The lowest BCUT2D eigenvalue weighted by Gasteiger charge is -2.20. The Bertz CT molecular complexity index is 1040. The van der Waals surface area contributed by atoms with E-state index in [1.165, 1.54) is 0 Å². The number of nitrogens with one attached hydrogen (secondary N) is 2. The molecule has 0 bridgehead atoms. The summed E-state index contributed by atoms with van der Waals surface area (Å²) in [6, 6.07) is 9.33. The summed E-state index contributed by atoms with van der Waals surface area (Å²) in [6.45, 7) is 5.73. The van der Waals surface area contributed by atoms with Crippen molar-refractivity contribution in [3.8, 4) is 5.75 Å². The van der Waals surface area contributed by atoms with Crippen LogP contribution >= 0.6 is 0 Å². The molecule has 0 aliphatic rings. The third-order valence-corrected chi connectivity index (χ3v) is 3.99. The highest BCUT2D eigenvalue weighted by atomic mass is 19.1. The first kappa shape index (κ1) is 22.1. The van der Waals surface area contributed by atoms with Crippen LogP contribution in [0.3, 0.4) is 0 Å². The van der Waals surface area contributed by atoms with Crippen LogP contribution in [0.4, 0.5) is 15.2 Å². The highest BCUT2D eigenvalue weighted by Gasteiger charge is 2.16. The van der Waals surface area contributed by atoms with Crippen LogP contribution in [0.2, 0.25) is 0 Å². The lowest BCUT2D eigenvalue weighted by atomic mass is 10.2. The zero-order valence-corrected chi connectivity index (χ0v) is 17.6. The van der Waals surface area contributed by atoms with Crippen LogP contribution in [0.5, 0.6) is 5.75 Å². The van der Waals surface area contributed by atoms with Gasteiger partial charge in [-0.05, 0) is 50.6 Å². The molecule has 0 saturated carbocycles. The number of aromatic nitrogens is 2. The molecule has 0 spiro atoms. The van der Waals surface area contributed by atoms with E-state index >= 15 is 0 Å². The summed E-state index contributed by atoms with van der Waals surface area (Å²) < 4.78 is 29.6. The van der Waals surface area contributed by atoms with Gasteiger partial charge >= 0.3 is 6.09 Å². The first-order valence-corrected chi connectivity index (χ1v) is 9.73. The van der Waals surface area contributed by atoms with Gasteiger partial charge in [-0.1, -0.05) is 0 Å². The Morgan fingerprint density at radius 3 is 2.71 bits per heavy atom. The summed E-state index contributed by atoms with van der Waals surface area (Å²) in [5, 5.41) is 5.61. The maximum Gasteiger partial charge on any atom is 0.407 e. The fourth-order valence-electron chi connectivity index (χ4n) is 2.55. The number of halogens is 1. The minimum atomic E-state index is -0.626. The van der Waals surface area contributed by atoms with Gasteiger partial charge in [-0.25, -0.2) is 9.18 Å². The first-order chi connectivity index (χ1) is 14.8. The Hall–Kier alpha value is -3.62. The Labute approximate surface area is 179 Å². The highest BCUT2D eigenvalue weighted by Crippen LogP contribution is 2.24. The van der Waals surface area contributed by atoms with Crippen molar-refractivity contribution < 1.29 is 23.1 Å². The number of hydrogen-bond donors (Lipinski definition) is 2. The third kappa shape index (κ3) is 6.98. The van der Waals surface area contributed by atoms with Crippen LogP contribution < -0.4 is 15.4 Å². The molecule has 31 heavy (non-hydrogen) atoms. The molecule has 0 aliphatic carbocycles. The van der Waals surface area contributed by atoms with Crippen molar-refractivity contribution in [2.75, 3.05) is 18.5 Å². The van der Waals surface area contributed by atoms with Crippen molar-refractivity contribution in [2.45, 2.75) is 32.9 Å². The van der Waals surface area contributed by atoms with Crippen molar-refractivity contribution in [3.05, 3.63) is 60.2 Å². The van der Waals surface area contributed by atoms with Gasteiger partial charge in [0.1, 0.15) is 23.5 Å². The van der Waals surface area contributed by atoms with Gasteiger partial charge in [0.2, 0.25) is 0 Å². The Morgan fingerprint density at radius 1 is 1.23 bits per heavy atom. The number of carbonyl (C=O) groups is 1. The largest absolute Gasteiger partial charge is 0.489 e. The molecule has 0 aliphatic heterocycles. The number of nitrogens with zero attached hydrogens (tertiary/aromatic N) is 2. The summed E-state index contributed by atoms with van der Waals surface area (Å²) in [6.07, 6.45) is 3.22. The van der Waals surface area contributed by atoms with Crippen molar-refractivity contribution in [1.29, 1.82) is 0 Å². The molecule has 0 unspecified atom stereocenters. The molecule has 1 amide bonds. The number of anilines is 1. The molecule has 0 atom stereocenters. The van der Waals surface area contributed by atoms with E-state index in [1.807, 2.05) is 12.1 Å². The minimum Gasteiger partial charge on any atom is -0.489 e. The number of hydrogen-bond acceptors (Lipinski definition) is 7. The molecule has 3 aromatic rings. The van der Waals surface area contributed by atoms with Crippen LogP contribution in [-0.4, -0.2) is 34.8 Å². The molecule has 0 fully saturated rings. The van der Waals surface area contributed by atoms with E-state index in [4.69, 9.17) is 13.9 Å². The molecular formula is C22H25FN4O4. The standard InChI is InChI=1S/C22H25FN4O4/c1-22(2,3)31-21(28)26-13-16(11-23)14-29-17-4-5-18-19(10-17)30-20(27-18)25-12-15-6-8-24-9-7-15/h4-11H,12-14H2,1-3H3,(H,25,27)(H,26,28). The maximum atomic E-state index is 13.2. The van der Waals surface area contributed by atoms with Crippen LogP contribution in [0.25, 0.3) is 11.1 Å². The lowest BCUT2D eigenvalue weighted by Crippen LogP contribution is -2.34. The van der Waals surface area contributed by atoms with Crippen LogP contribution in [0, 0.1) is 0 Å². The molecule has 0 radical (unpaired) electrons. The number of alkyl carbamates (subject to hydrolysis) is 1. The molecule has 8 nitrogen and oxygen atoms in total. The zero-order chi connectivity index (χ0) is 22.3. The van der Waals surface area contributed by atoms with Crippen LogP contribution in [0.1, 0.15) is 26.3 Å². The number of rotatable bonds is 8. The number of pyridine rings is 1. The number of amides is 1. The number of fused-ring (bicyclic) bond motifs is 1. The van der Waals surface area contributed by atoms with Gasteiger partial charge in [0, 0.05) is 37.1 Å². The van der Waals surface area contributed by atoms with Gasteiger partial charge in [-0.2, -0.15) is 4.98 Å². The second-order valence-corrected chi connectivity index (χ2v) is 7.77. The fourth-order valence-corrected chi connectivity index (χ4v) is 2.55. The SMILES string of the molecule is CC(C)(C)OC(=O)NCC(=CF)COc1ccc2nc(NCc3ccncc3)oc2c1. The van der Waals surface area contributed by atoms with E-state index in [0.717, 1.165) is 5.56 Å². The van der Waals surface area contributed by atoms with Crippen molar-refractivity contribution in [1.82, 2.24) is 15.3 Å². The molecule has 2 N–H and O–H groups in total. The van der Waals surface area contributed by atoms with Crippen molar-refractivity contribution in [3.63, 3.8) is 0 Å². The van der Waals surface area contributed by atoms with E-state index in [9.17, 15) is 9.18 Å². The smallest absolute Gasteiger partial charge is 0.407 e. The molecule has 0 saturated heterocycles. The summed E-state index contributed by atoms with van der Waals surface area (Å²) in [5.41, 5.74) is 1.87. The second-order valence-electron chi connectivity index (χ2n) is 7.77. The quantitative estimate of drug-likeness (QED) is 0.541. The summed E-state index contributed by atoms with van der Waals surface area (Å²) in [4.78, 5) is 20.1. The topological polar surface area (TPSA) is 98.5 Å². The Balaban J connectivity index is 1.53. The molecule has 2 heterocycles. The van der Waals surface area contributed by atoms with Crippen LogP contribution in [-0.2, 0) is 11.3 Å². The number of oxazole rings is 1. The van der Waals surface area contributed by atoms with Gasteiger partial charge < -0.3 is 24.5 Å². The highest BCUT2D eigenvalue weighted by molar-refractivity contribution is 5.76. The molecule has 9 heteroatoms. The molecule has 1 aromatic carbocycles. The number of ether oxygens (including phenoxy) is 2. The first-order valence-electron chi connectivity index (χ1n) is 9.73. The lowest BCUT2D eigenvalue weighted by molar-refractivity contribution is 0.0531. The summed E-state index contributed by atoms with van der Waals surface area (Å²) in [7, 11) is 0. The summed E-state index contributed by atoms with van der Waals surface area (Å²) in [5.74, 6) is 0.487. The minimum absolute atomic E-state index is 0.0287. The van der Waals surface area contributed by atoms with E-state index in [2.05, 4.69) is 20.6 Å². The molecule has 164 valence electrons. The fraction of sp³-hybridized carbons (Fsp3) is 0.318. The third-order valence-electron chi connectivity index (χ3n) is 3.99. The molecule has 2 aromatic heterocycles. The Kier molecular flexibility index (Phi) is 7.07. The van der Waals surface area contributed by atoms with Crippen molar-refractivity contribution in [2.24, 2.45) is 0 Å². The van der Waals surface area contributed by atoms with E-state index in [1.54, 1.807) is 51.4 Å². The normalized spacial score (nSPS) is 11.9. The average molecular weight is 428 g/mol. The van der Waals surface area contributed by atoms with Gasteiger partial charge in [0.15, 0.2) is 5.58 Å². The summed E-state index contributed by atoms with van der Waals surface area (Å²) >= 11 is 0. The second kappa shape index (κ2) is 9.92. The predicted molar refractivity (Wildman–Crippen MR) is 114 cm³/mol. The zero-order valence-electron chi connectivity index (χ0n) is 17.6. The monoisotopic (exact) mass is 428 g/mol. The van der Waals surface area contributed by atoms with Crippen LogP contribution in [0.15, 0.2) is 59.0 Å². The Morgan fingerprint density at radius 2 is 2.00 bits per heavy atom. The van der Waals surface area contributed by atoms with Gasteiger partial charge in [-0.3, -0.25) is 4.98 Å². The average Bonchev–Trinajstić information content (AvgIpc) is 3.14. The van der Waals surface area contributed by atoms with Gasteiger partial charge in [-0.15, -0.1) is 0 Å². The number of carbonyl (C=O) groups excluding carboxylic acids is 1. The maximum absolute atomic E-state index is 13.2. The molecule has 3 rings (SSSR count).